The molecule has 2 unspecified atom stereocenters. The zero-order valence-electron chi connectivity index (χ0n) is 16.4. The molecule has 2 aromatic heterocycles. The standard InChI is InChI=1S/C22H29N3O/c1-6-17-9-14(3)16(5)20(8-7-13(17)2)22(26)25-19-11-18-10-15(4)24-21(18)23-12-19/h8,10-13,17H,6-7,9H2,1-5H3,(H,23,24)(H,25,26). The van der Waals surface area contributed by atoms with Crippen molar-refractivity contribution in [1.29, 1.82) is 0 Å². The van der Waals surface area contributed by atoms with Crippen molar-refractivity contribution in [2.45, 2.75) is 53.9 Å². The third kappa shape index (κ3) is 3.74. The highest BCUT2D eigenvalue weighted by Gasteiger charge is 2.22. The minimum absolute atomic E-state index is 0.0441. The van der Waals surface area contributed by atoms with Gasteiger partial charge in [0.2, 0.25) is 0 Å². The van der Waals surface area contributed by atoms with E-state index in [2.05, 4.69) is 49.1 Å². The summed E-state index contributed by atoms with van der Waals surface area (Å²) in [5.41, 5.74) is 5.87. The van der Waals surface area contributed by atoms with Crippen molar-refractivity contribution in [2.75, 3.05) is 5.32 Å². The van der Waals surface area contributed by atoms with E-state index in [1.807, 2.05) is 19.1 Å². The lowest BCUT2D eigenvalue weighted by atomic mass is 9.80. The third-order valence-corrected chi connectivity index (χ3v) is 5.74. The normalized spacial score (nSPS) is 21.3. The van der Waals surface area contributed by atoms with Crippen LogP contribution in [0.3, 0.4) is 0 Å². The van der Waals surface area contributed by atoms with Gasteiger partial charge in [0.25, 0.3) is 5.91 Å². The number of carbonyl (C=O) groups is 1. The van der Waals surface area contributed by atoms with E-state index in [1.165, 1.54) is 12.0 Å². The van der Waals surface area contributed by atoms with Crippen LogP contribution in [0.1, 0.15) is 52.7 Å². The summed E-state index contributed by atoms with van der Waals surface area (Å²) in [6, 6.07) is 4.00. The van der Waals surface area contributed by atoms with E-state index in [0.717, 1.165) is 46.4 Å². The van der Waals surface area contributed by atoms with E-state index in [0.29, 0.717) is 11.8 Å². The molecule has 1 aliphatic carbocycles. The van der Waals surface area contributed by atoms with Gasteiger partial charge in [0.05, 0.1) is 11.9 Å². The average molecular weight is 351 g/mol. The predicted octanol–water partition coefficient (Wildman–Crippen LogP) is 5.53. The molecule has 0 bridgehead atoms. The number of nitrogens with zero attached hydrogens (tertiary/aromatic N) is 1. The van der Waals surface area contributed by atoms with Crippen LogP contribution >= 0.6 is 0 Å². The minimum Gasteiger partial charge on any atom is -0.344 e. The molecule has 138 valence electrons. The van der Waals surface area contributed by atoms with Crippen LogP contribution in [-0.2, 0) is 4.79 Å². The molecule has 26 heavy (non-hydrogen) atoms. The maximum atomic E-state index is 12.9. The van der Waals surface area contributed by atoms with Gasteiger partial charge in [-0.3, -0.25) is 4.79 Å². The predicted molar refractivity (Wildman–Crippen MR) is 108 cm³/mol. The van der Waals surface area contributed by atoms with E-state index in [-0.39, 0.29) is 5.91 Å². The van der Waals surface area contributed by atoms with Crippen LogP contribution in [0, 0.1) is 18.8 Å². The Balaban J connectivity index is 1.84. The molecule has 2 atom stereocenters. The molecule has 1 amide bonds. The summed E-state index contributed by atoms with van der Waals surface area (Å²) < 4.78 is 0. The molecule has 2 heterocycles. The van der Waals surface area contributed by atoms with E-state index >= 15 is 0 Å². The van der Waals surface area contributed by atoms with Crippen molar-refractivity contribution >= 4 is 22.6 Å². The number of H-pyrrole nitrogens is 1. The molecule has 2 aromatic rings. The molecule has 0 saturated heterocycles. The van der Waals surface area contributed by atoms with Gasteiger partial charge in [0.1, 0.15) is 5.65 Å². The van der Waals surface area contributed by atoms with Crippen molar-refractivity contribution in [3.05, 3.63) is 46.8 Å². The molecule has 0 aromatic carbocycles. The van der Waals surface area contributed by atoms with Gasteiger partial charge in [-0.1, -0.05) is 31.9 Å². The molecule has 0 aliphatic heterocycles. The summed E-state index contributed by atoms with van der Waals surface area (Å²) in [4.78, 5) is 20.5. The van der Waals surface area contributed by atoms with Gasteiger partial charge < -0.3 is 10.3 Å². The molecule has 0 saturated carbocycles. The maximum Gasteiger partial charge on any atom is 0.255 e. The maximum absolute atomic E-state index is 12.9. The van der Waals surface area contributed by atoms with Crippen molar-refractivity contribution in [3.8, 4) is 0 Å². The highest BCUT2D eigenvalue weighted by atomic mass is 16.1. The van der Waals surface area contributed by atoms with Crippen LogP contribution in [0.5, 0.6) is 0 Å². The zero-order chi connectivity index (χ0) is 18.8. The number of pyridine rings is 1. The monoisotopic (exact) mass is 351 g/mol. The first-order valence-corrected chi connectivity index (χ1v) is 9.52. The molecule has 3 rings (SSSR count). The van der Waals surface area contributed by atoms with Gasteiger partial charge in [0, 0.05) is 16.7 Å². The Hall–Kier alpha value is -2.36. The van der Waals surface area contributed by atoms with Gasteiger partial charge in [-0.2, -0.15) is 0 Å². The van der Waals surface area contributed by atoms with Crippen LogP contribution in [0.25, 0.3) is 11.0 Å². The number of aromatic amines is 1. The van der Waals surface area contributed by atoms with Gasteiger partial charge in [-0.15, -0.1) is 0 Å². The molecular formula is C22H29N3O. The Labute approximate surface area is 155 Å². The number of carbonyl (C=O) groups excluding carboxylic acids is 1. The first-order chi connectivity index (χ1) is 12.4. The largest absolute Gasteiger partial charge is 0.344 e. The summed E-state index contributed by atoms with van der Waals surface area (Å²) in [5.74, 6) is 1.23. The van der Waals surface area contributed by atoms with Crippen LogP contribution in [-0.4, -0.2) is 15.9 Å². The topological polar surface area (TPSA) is 57.8 Å². The van der Waals surface area contributed by atoms with Gasteiger partial charge in [-0.25, -0.2) is 4.98 Å². The Bertz CT molecular complexity index is 888. The lowest BCUT2D eigenvalue weighted by molar-refractivity contribution is -0.112. The van der Waals surface area contributed by atoms with Crippen LogP contribution in [0.15, 0.2) is 41.1 Å². The number of rotatable bonds is 3. The smallest absolute Gasteiger partial charge is 0.255 e. The highest BCUT2D eigenvalue weighted by molar-refractivity contribution is 6.07. The second-order valence-electron chi connectivity index (χ2n) is 7.68. The number of hydrogen-bond acceptors (Lipinski definition) is 2. The molecule has 0 radical (unpaired) electrons. The fourth-order valence-electron chi connectivity index (χ4n) is 3.86. The van der Waals surface area contributed by atoms with Crippen LogP contribution in [0.4, 0.5) is 5.69 Å². The van der Waals surface area contributed by atoms with Crippen LogP contribution < -0.4 is 5.32 Å². The van der Waals surface area contributed by atoms with Crippen LogP contribution in [0.2, 0.25) is 0 Å². The Morgan fingerprint density at radius 3 is 2.81 bits per heavy atom. The molecule has 2 N–H and O–H groups in total. The summed E-state index contributed by atoms with van der Waals surface area (Å²) in [5, 5.41) is 4.04. The minimum atomic E-state index is -0.0441. The molecule has 4 nitrogen and oxygen atoms in total. The molecule has 0 fully saturated rings. The number of aryl methyl sites for hydroxylation is 1. The summed E-state index contributed by atoms with van der Waals surface area (Å²) in [6.45, 7) is 10.8. The highest BCUT2D eigenvalue weighted by Crippen LogP contribution is 2.32. The first kappa shape index (κ1) is 18.4. The third-order valence-electron chi connectivity index (χ3n) is 5.74. The summed E-state index contributed by atoms with van der Waals surface area (Å²) in [7, 11) is 0. The zero-order valence-corrected chi connectivity index (χ0v) is 16.4. The number of allylic oxidation sites excluding steroid dienone is 2. The van der Waals surface area contributed by atoms with Crippen molar-refractivity contribution in [1.82, 2.24) is 9.97 Å². The molecule has 0 spiro atoms. The quantitative estimate of drug-likeness (QED) is 0.764. The van der Waals surface area contributed by atoms with E-state index < -0.39 is 0 Å². The summed E-state index contributed by atoms with van der Waals surface area (Å²) in [6.07, 6.45) is 7.03. The first-order valence-electron chi connectivity index (χ1n) is 9.52. The SMILES string of the molecule is CCC1CC(C)=C(C)C(C(=O)Nc2cnc3[nH]c(C)cc3c2)=CCC1C. The number of nitrogens with one attached hydrogen (secondary N) is 2. The number of anilines is 1. The molecular weight excluding hydrogens is 322 g/mol. The number of aromatic nitrogens is 2. The Kier molecular flexibility index (Phi) is 5.30. The summed E-state index contributed by atoms with van der Waals surface area (Å²) >= 11 is 0. The lowest BCUT2D eigenvalue weighted by Crippen LogP contribution is -2.20. The van der Waals surface area contributed by atoms with E-state index in [4.69, 9.17) is 0 Å². The second kappa shape index (κ2) is 7.48. The molecule has 4 heteroatoms. The number of amides is 1. The Morgan fingerprint density at radius 1 is 1.31 bits per heavy atom. The van der Waals surface area contributed by atoms with Crippen molar-refractivity contribution in [2.24, 2.45) is 11.8 Å². The van der Waals surface area contributed by atoms with Crippen molar-refractivity contribution in [3.63, 3.8) is 0 Å². The molecule has 1 aliphatic rings. The average Bonchev–Trinajstić information content (AvgIpc) is 2.97. The fraction of sp³-hybridized carbons (Fsp3) is 0.455. The lowest BCUT2D eigenvalue weighted by Gasteiger charge is -2.26. The van der Waals surface area contributed by atoms with E-state index in [9.17, 15) is 4.79 Å². The number of fused-ring (bicyclic) bond motifs is 1. The number of hydrogen-bond donors (Lipinski definition) is 2. The van der Waals surface area contributed by atoms with Gasteiger partial charge in [0.15, 0.2) is 0 Å². The van der Waals surface area contributed by atoms with Gasteiger partial charge >= 0.3 is 0 Å². The van der Waals surface area contributed by atoms with E-state index in [1.54, 1.807) is 6.20 Å². The second-order valence-corrected chi connectivity index (χ2v) is 7.68. The Morgan fingerprint density at radius 2 is 2.08 bits per heavy atom. The fourth-order valence-corrected chi connectivity index (χ4v) is 3.86. The van der Waals surface area contributed by atoms with Crippen molar-refractivity contribution < 1.29 is 4.79 Å². The van der Waals surface area contributed by atoms with Gasteiger partial charge in [-0.05, 0) is 63.2 Å².